The maximum atomic E-state index is 13.9. The number of alkyl halides is 3. The number of aryl methyl sites for hydroxylation is 3. The lowest BCUT2D eigenvalue weighted by atomic mass is 10.0. The van der Waals surface area contributed by atoms with Crippen LogP contribution in [0.3, 0.4) is 0 Å². The number of hydrogen-bond donors (Lipinski definition) is 2. The Bertz CT molecular complexity index is 1120. The van der Waals surface area contributed by atoms with Crippen molar-refractivity contribution in [3.05, 3.63) is 57.9 Å². The lowest BCUT2D eigenvalue weighted by Gasteiger charge is -2.17. The number of benzene rings is 2. The minimum Gasteiger partial charge on any atom is -0.322 e. The lowest BCUT2D eigenvalue weighted by molar-refractivity contribution is -0.140. The Morgan fingerprint density at radius 2 is 1.67 bits per heavy atom. The number of carbonyl (C=O) groups excluding carboxylic acids is 1. The summed E-state index contributed by atoms with van der Waals surface area (Å²) < 4.78 is 79.7. The van der Waals surface area contributed by atoms with Crippen LogP contribution < -0.4 is 10.0 Å². The predicted octanol–water partition coefficient (Wildman–Crippen LogP) is 4.93. The minimum atomic E-state index is -4.86. The molecule has 162 valence electrons. The molecule has 10 heteroatoms. The number of nitrogens with one attached hydrogen (secondary N) is 2. The normalized spacial score (nSPS) is 14.5. The molecule has 5 nitrogen and oxygen atoms in total. The van der Waals surface area contributed by atoms with Gasteiger partial charge >= 0.3 is 6.18 Å². The number of hydrogen-bond acceptors (Lipinski definition) is 3. The highest BCUT2D eigenvalue weighted by Crippen LogP contribution is 2.35. The Morgan fingerprint density at radius 1 is 1.03 bits per heavy atom. The summed E-state index contributed by atoms with van der Waals surface area (Å²) in [6.07, 6.45) is -3.79. The van der Waals surface area contributed by atoms with Crippen LogP contribution in [-0.4, -0.2) is 19.6 Å². The molecule has 0 bridgehead atoms. The number of anilines is 2. The molecule has 0 heterocycles. The van der Waals surface area contributed by atoms with Crippen molar-refractivity contribution in [1.29, 1.82) is 0 Å². The summed E-state index contributed by atoms with van der Waals surface area (Å²) in [5.41, 5.74) is -0.266. The van der Waals surface area contributed by atoms with Crippen LogP contribution in [0, 0.1) is 26.6 Å². The first kappa shape index (κ1) is 22.1. The molecule has 2 aromatic carbocycles. The highest BCUT2D eigenvalue weighted by atomic mass is 32.2. The number of sulfonamides is 1. The molecule has 0 aromatic heterocycles. The van der Waals surface area contributed by atoms with E-state index in [-0.39, 0.29) is 22.5 Å². The summed E-state index contributed by atoms with van der Waals surface area (Å²) in [4.78, 5) is 12.9. The topological polar surface area (TPSA) is 75.3 Å². The van der Waals surface area contributed by atoms with Crippen LogP contribution in [0.2, 0.25) is 0 Å². The van der Waals surface area contributed by atoms with Gasteiger partial charge in [0.2, 0.25) is 10.0 Å². The third-order valence-electron chi connectivity index (χ3n) is 4.80. The molecule has 0 atom stereocenters. The smallest absolute Gasteiger partial charge is 0.322 e. The molecule has 30 heavy (non-hydrogen) atoms. The molecule has 1 aliphatic carbocycles. The van der Waals surface area contributed by atoms with E-state index in [1.165, 1.54) is 13.0 Å². The van der Waals surface area contributed by atoms with Crippen molar-refractivity contribution >= 4 is 27.3 Å². The van der Waals surface area contributed by atoms with E-state index in [1.807, 2.05) is 0 Å². The van der Waals surface area contributed by atoms with Gasteiger partial charge in [-0.3, -0.25) is 9.52 Å². The second-order valence-corrected chi connectivity index (χ2v) is 9.41. The Kier molecular flexibility index (Phi) is 5.57. The highest BCUT2D eigenvalue weighted by Gasteiger charge is 2.37. The van der Waals surface area contributed by atoms with Gasteiger partial charge in [-0.1, -0.05) is 6.07 Å². The Balaban J connectivity index is 1.97. The van der Waals surface area contributed by atoms with E-state index in [0.717, 1.165) is 0 Å². The molecule has 1 amide bonds. The SMILES string of the molecule is Cc1cc(C)c(NS(=O)(=O)C2CC2)c(C(=O)Nc2cc(F)c(C(F)(F)F)cc2C)c1. The standard InChI is InChI=1S/C20H20F4N2O3S/c1-10-6-12(3)18(26-30(28,29)13-4-5-13)14(7-10)19(27)25-17-9-16(21)15(8-11(17)2)20(22,23)24/h6-9,13,26H,4-5H2,1-3H3,(H,25,27). The van der Waals surface area contributed by atoms with Crippen LogP contribution in [0.5, 0.6) is 0 Å². The zero-order valence-corrected chi connectivity index (χ0v) is 17.3. The molecule has 0 spiro atoms. The zero-order chi connectivity index (χ0) is 22.4. The Labute approximate surface area is 171 Å². The molecule has 0 unspecified atom stereocenters. The molecule has 0 saturated heterocycles. The maximum absolute atomic E-state index is 13.9. The third-order valence-corrected chi connectivity index (χ3v) is 6.64. The van der Waals surface area contributed by atoms with Crippen molar-refractivity contribution in [3.63, 3.8) is 0 Å². The van der Waals surface area contributed by atoms with Crippen molar-refractivity contribution in [2.75, 3.05) is 10.0 Å². The van der Waals surface area contributed by atoms with Gasteiger partial charge in [0.05, 0.1) is 22.1 Å². The van der Waals surface area contributed by atoms with Crippen LogP contribution in [0.1, 0.15) is 45.5 Å². The van der Waals surface area contributed by atoms with Crippen LogP contribution in [-0.2, 0) is 16.2 Å². The van der Waals surface area contributed by atoms with Gasteiger partial charge < -0.3 is 5.32 Å². The molecular formula is C20H20F4N2O3S. The van der Waals surface area contributed by atoms with E-state index >= 15 is 0 Å². The lowest BCUT2D eigenvalue weighted by Crippen LogP contribution is -2.22. The van der Waals surface area contributed by atoms with Crippen molar-refractivity contribution in [3.8, 4) is 0 Å². The predicted molar refractivity (Wildman–Crippen MR) is 106 cm³/mol. The van der Waals surface area contributed by atoms with Gasteiger partial charge in [-0.15, -0.1) is 0 Å². The summed E-state index contributed by atoms with van der Waals surface area (Å²) in [5.74, 6) is -2.28. The molecular weight excluding hydrogens is 424 g/mol. The summed E-state index contributed by atoms with van der Waals surface area (Å²) in [6, 6.07) is 4.38. The van der Waals surface area contributed by atoms with E-state index in [9.17, 15) is 30.8 Å². The first-order valence-electron chi connectivity index (χ1n) is 9.11. The average Bonchev–Trinajstić information content (AvgIpc) is 3.44. The van der Waals surface area contributed by atoms with Crippen molar-refractivity contribution < 1.29 is 30.8 Å². The summed E-state index contributed by atoms with van der Waals surface area (Å²) in [6.45, 7) is 4.66. The van der Waals surface area contributed by atoms with E-state index in [2.05, 4.69) is 10.0 Å². The fourth-order valence-electron chi connectivity index (χ4n) is 3.11. The van der Waals surface area contributed by atoms with E-state index < -0.39 is 38.7 Å². The van der Waals surface area contributed by atoms with E-state index in [1.54, 1.807) is 19.9 Å². The number of rotatable bonds is 5. The Hall–Kier alpha value is -2.62. The zero-order valence-electron chi connectivity index (χ0n) is 16.4. The van der Waals surface area contributed by atoms with Gasteiger partial charge in [0.25, 0.3) is 5.91 Å². The van der Waals surface area contributed by atoms with Crippen molar-refractivity contribution in [2.24, 2.45) is 0 Å². The molecule has 2 N–H and O–H groups in total. The molecule has 1 saturated carbocycles. The maximum Gasteiger partial charge on any atom is 0.419 e. The molecule has 1 aliphatic rings. The second kappa shape index (κ2) is 7.57. The van der Waals surface area contributed by atoms with Crippen LogP contribution in [0.4, 0.5) is 28.9 Å². The van der Waals surface area contributed by atoms with Crippen LogP contribution in [0.25, 0.3) is 0 Å². The van der Waals surface area contributed by atoms with Crippen LogP contribution in [0.15, 0.2) is 24.3 Å². The summed E-state index contributed by atoms with van der Waals surface area (Å²) in [5, 5.41) is 1.88. The number of halogens is 4. The van der Waals surface area contributed by atoms with Gasteiger partial charge in [-0.25, -0.2) is 12.8 Å². The average molecular weight is 444 g/mol. The third kappa shape index (κ3) is 4.58. The van der Waals surface area contributed by atoms with E-state index in [4.69, 9.17) is 0 Å². The highest BCUT2D eigenvalue weighted by molar-refractivity contribution is 7.93. The van der Waals surface area contributed by atoms with Gasteiger partial charge in [0.1, 0.15) is 5.82 Å². The summed E-state index contributed by atoms with van der Waals surface area (Å²) >= 11 is 0. The first-order chi connectivity index (χ1) is 13.8. The summed E-state index contributed by atoms with van der Waals surface area (Å²) in [7, 11) is -3.66. The fraction of sp³-hybridized carbons (Fsp3) is 0.350. The molecule has 2 aromatic rings. The minimum absolute atomic E-state index is 0.00330. The van der Waals surface area contributed by atoms with E-state index in [0.29, 0.717) is 36.1 Å². The largest absolute Gasteiger partial charge is 0.419 e. The molecule has 1 fully saturated rings. The van der Waals surface area contributed by atoms with Gasteiger partial charge in [-0.2, -0.15) is 13.2 Å². The van der Waals surface area contributed by atoms with Gasteiger partial charge in [-0.05, 0) is 68.5 Å². The monoisotopic (exact) mass is 444 g/mol. The number of amides is 1. The van der Waals surface area contributed by atoms with Crippen molar-refractivity contribution in [1.82, 2.24) is 0 Å². The van der Waals surface area contributed by atoms with Crippen molar-refractivity contribution in [2.45, 2.75) is 45.0 Å². The molecule has 0 aliphatic heterocycles. The number of carbonyl (C=O) groups is 1. The molecule has 3 rings (SSSR count). The van der Waals surface area contributed by atoms with Gasteiger partial charge in [0.15, 0.2) is 0 Å². The Morgan fingerprint density at radius 3 is 2.23 bits per heavy atom. The first-order valence-corrected chi connectivity index (χ1v) is 10.7. The second-order valence-electron chi connectivity index (χ2n) is 7.45. The molecule has 0 radical (unpaired) electrons. The van der Waals surface area contributed by atoms with Gasteiger partial charge in [0, 0.05) is 5.69 Å². The fourth-order valence-corrected chi connectivity index (χ4v) is 4.59. The quantitative estimate of drug-likeness (QED) is 0.643. The van der Waals surface area contributed by atoms with Crippen LogP contribution >= 0.6 is 0 Å².